The number of carbonyl (C=O) groups is 4. The molecule has 0 aromatic rings. The molecule has 0 aromatic heterocycles. The van der Waals surface area contributed by atoms with Crippen molar-refractivity contribution in [3.8, 4) is 0 Å². The van der Waals surface area contributed by atoms with Crippen molar-refractivity contribution in [2.45, 2.75) is 321 Å². The van der Waals surface area contributed by atoms with Crippen LogP contribution in [-0.2, 0) is 42.9 Å². The number of hydrogen-bond acceptors (Lipinski definition) is 10. The Morgan fingerprint density at radius 3 is 1.00 bits per heavy atom. The molecule has 430 valence electrons. The molecular formula is C64H115NO9. The third kappa shape index (κ3) is 43.2. The molecule has 1 heterocycles. The predicted molar refractivity (Wildman–Crippen MR) is 307 cm³/mol. The van der Waals surface area contributed by atoms with Crippen LogP contribution in [0.5, 0.6) is 0 Å². The highest BCUT2D eigenvalue weighted by Gasteiger charge is 2.52. The summed E-state index contributed by atoms with van der Waals surface area (Å²) in [6.07, 6.45) is 55.1. The third-order valence-corrected chi connectivity index (χ3v) is 14.1. The smallest absolute Gasteiger partial charge is 0.308 e. The maximum absolute atomic E-state index is 13.5. The molecular weight excluding hydrogens is 927 g/mol. The summed E-state index contributed by atoms with van der Waals surface area (Å²) >= 11 is 0. The van der Waals surface area contributed by atoms with Crippen LogP contribution in [0.4, 0.5) is 0 Å². The van der Waals surface area contributed by atoms with Gasteiger partial charge in [-0.1, -0.05) is 211 Å². The maximum Gasteiger partial charge on any atom is 0.308 e. The zero-order valence-electron chi connectivity index (χ0n) is 48.7. The molecule has 4 atom stereocenters. The molecule has 1 fully saturated rings. The van der Waals surface area contributed by atoms with Crippen molar-refractivity contribution in [3.05, 3.63) is 36.5 Å². The minimum absolute atomic E-state index is 0.169. The van der Waals surface area contributed by atoms with Gasteiger partial charge in [0.25, 0.3) is 0 Å². The summed E-state index contributed by atoms with van der Waals surface area (Å²) < 4.78 is 29.9. The van der Waals surface area contributed by atoms with E-state index in [4.69, 9.17) is 23.7 Å². The number of unbranched alkanes of at least 4 members (excludes halogenated alkanes) is 33. The number of ether oxygens (including phenoxy) is 5. The number of carbonyl (C=O) groups excluding carboxylic acids is 4. The van der Waals surface area contributed by atoms with Gasteiger partial charge in [0.1, 0.15) is 12.7 Å². The second-order valence-corrected chi connectivity index (χ2v) is 21.7. The molecule has 1 aliphatic heterocycles. The molecule has 0 aromatic carbocycles. The molecule has 4 unspecified atom stereocenters. The standard InChI is InChI=1S/C64H115NO9/c1-6-9-12-15-18-21-24-27-30-33-36-39-42-45-48-51-59(67)72-62-57(56-70-58(66)54-55-65(4)5)71-64(74-61(69)53-50-47-44-41-38-35-32-29-26-23-20-17-14-11-8-3)63(62)73-60(68)52-49-46-43-40-37-34-31-28-25-22-19-16-13-10-7-2/h27-32,57,62-64H,6-26,33-56H2,1-5H3/b30-27-,31-28-,32-29-. The number of allylic oxidation sites excluding steroid dienone is 6. The van der Waals surface area contributed by atoms with Crippen LogP contribution >= 0.6 is 0 Å². The summed E-state index contributed by atoms with van der Waals surface area (Å²) in [6, 6.07) is 0. The van der Waals surface area contributed by atoms with E-state index in [9.17, 15) is 19.2 Å². The second-order valence-electron chi connectivity index (χ2n) is 21.7. The Hall–Kier alpha value is -2.98. The summed E-state index contributed by atoms with van der Waals surface area (Å²) in [6.45, 7) is 7.04. The first-order chi connectivity index (χ1) is 36.2. The van der Waals surface area contributed by atoms with Crippen LogP contribution in [0.2, 0.25) is 0 Å². The first-order valence-corrected chi connectivity index (χ1v) is 31.2. The lowest BCUT2D eigenvalue weighted by atomic mass is 10.1. The first kappa shape index (κ1) is 69.0. The monoisotopic (exact) mass is 1040 g/mol. The van der Waals surface area contributed by atoms with E-state index < -0.39 is 48.5 Å². The lowest BCUT2D eigenvalue weighted by molar-refractivity contribution is -0.200. The van der Waals surface area contributed by atoms with Crippen LogP contribution < -0.4 is 0 Å². The largest absolute Gasteiger partial charge is 0.463 e. The zero-order chi connectivity index (χ0) is 53.8. The summed E-state index contributed by atoms with van der Waals surface area (Å²) in [5, 5.41) is 0. The third-order valence-electron chi connectivity index (χ3n) is 14.1. The summed E-state index contributed by atoms with van der Waals surface area (Å²) in [5.41, 5.74) is 0. The number of esters is 4. The molecule has 0 N–H and O–H groups in total. The van der Waals surface area contributed by atoms with Gasteiger partial charge in [0, 0.05) is 25.8 Å². The SMILES string of the molecule is CCCCCCCC/C=C\CCCCCCCC(=O)OC1OC(COC(=O)CCN(C)C)C(OC(=O)CCCCCCC/C=C\CCCCCCCC)C1OC(=O)CCCCCCC/C=C\CCCCCCCC. The van der Waals surface area contributed by atoms with Gasteiger partial charge in [-0.05, 0) is 110 Å². The Morgan fingerprint density at radius 1 is 0.365 bits per heavy atom. The number of hydrogen-bond donors (Lipinski definition) is 0. The van der Waals surface area contributed by atoms with E-state index in [-0.39, 0.29) is 32.3 Å². The van der Waals surface area contributed by atoms with E-state index >= 15 is 0 Å². The second kappa shape index (κ2) is 52.1. The fourth-order valence-corrected chi connectivity index (χ4v) is 9.38. The Balaban J connectivity index is 2.80. The van der Waals surface area contributed by atoms with Gasteiger partial charge < -0.3 is 28.6 Å². The normalized spacial score (nSPS) is 16.8. The Morgan fingerprint density at radius 2 is 0.662 bits per heavy atom. The van der Waals surface area contributed by atoms with E-state index in [1.807, 2.05) is 19.0 Å². The first-order valence-electron chi connectivity index (χ1n) is 31.2. The zero-order valence-corrected chi connectivity index (χ0v) is 48.7. The molecule has 1 aliphatic rings. The molecule has 10 heteroatoms. The van der Waals surface area contributed by atoms with E-state index in [1.54, 1.807) is 0 Å². The molecule has 10 nitrogen and oxygen atoms in total. The molecule has 0 amide bonds. The number of nitrogens with zero attached hydrogens (tertiary/aromatic N) is 1. The van der Waals surface area contributed by atoms with Gasteiger partial charge in [-0.25, -0.2) is 0 Å². The highest BCUT2D eigenvalue weighted by Crippen LogP contribution is 2.30. The van der Waals surface area contributed by atoms with Crippen molar-refractivity contribution in [2.24, 2.45) is 0 Å². The van der Waals surface area contributed by atoms with Crippen molar-refractivity contribution in [2.75, 3.05) is 27.2 Å². The van der Waals surface area contributed by atoms with Gasteiger partial charge in [-0.15, -0.1) is 0 Å². The van der Waals surface area contributed by atoms with E-state index in [0.717, 1.165) is 96.3 Å². The Bertz CT molecular complexity index is 1410. The fourth-order valence-electron chi connectivity index (χ4n) is 9.38. The lowest BCUT2D eigenvalue weighted by Gasteiger charge is -2.24. The molecule has 0 radical (unpaired) electrons. The van der Waals surface area contributed by atoms with Crippen LogP contribution in [0, 0.1) is 0 Å². The minimum Gasteiger partial charge on any atom is -0.463 e. The molecule has 0 spiro atoms. The van der Waals surface area contributed by atoms with Crippen LogP contribution in [0.1, 0.15) is 297 Å². The Kier molecular flexibility index (Phi) is 48.6. The van der Waals surface area contributed by atoms with E-state index in [2.05, 4.69) is 57.2 Å². The van der Waals surface area contributed by atoms with E-state index in [1.165, 1.54) is 135 Å². The van der Waals surface area contributed by atoms with Gasteiger partial charge >= 0.3 is 23.9 Å². The van der Waals surface area contributed by atoms with Gasteiger partial charge in [0.15, 0.2) is 6.10 Å². The molecule has 1 rings (SSSR count). The average Bonchev–Trinajstić information content (AvgIpc) is 3.69. The van der Waals surface area contributed by atoms with Crippen LogP contribution in [0.15, 0.2) is 36.5 Å². The van der Waals surface area contributed by atoms with Gasteiger partial charge in [0.2, 0.25) is 12.4 Å². The highest BCUT2D eigenvalue weighted by atomic mass is 16.8. The average molecular weight is 1040 g/mol. The van der Waals surface area contributed by atoms with E-state index in [0.29, 0.717) is 25.8 Å². The molecule has 74 heavy (non-hydrogen) atoms. The van der Waals surface area contributed by atoms with Gasteiger partial charge in [0.05, 0.1) is 6.42 Å². The summed E-state index contributed by atoms with van der Waals surface area (Å²) in [7, 11) is 3.76. The highest BCUT2D eigenvalue weighted by molar-refractivity contribution is 5.72. The molecule has 1 saturated heterocycles. The molecule has 0 bridgehead atoms. The van der Waals surface area contributed by atoms with Crippen molar-refractivity contribution in [1.29, 1.82) is 0 Å². The predicted octanol–water partition coefficient (Wildman–Crippen LogP) is 17.7. The number of rotatable bonds is 53. The quantitative estimate of drug-likeness (QED) is 0.0252. The maximum atomic E-state index is 13.5. The lowest BCUT2D eigenvalue weighted by Crippen LogP contribution is -2.42. The fraction of sp³-hybridized carbons (Fsp3) is 0.844. The topological polar surface area (TPSA) is 118 Å². The van der Waals surface area contributed by atoms with Crippen LogP contribution in [-0.4, -0.2) is 80.6 Å². The van der Waals surface area contributed by atoms with Crippen molar-refractivity contribution in [3.63, 3.8) is 0 Å². The minimum atomic E-state index is -1.30. The summed E-state index contributed by atoms with van der Waals surface area (Å²) in [4.78, 5) is 55.0. The van der Waals surface area contributed by atoms with Gasteiger partial charge in [-0.2, -0.15) is 0 Å². The molecule has 0 saturated carbocycles. The van der Waals surface area contributed by atoms with Crippen molar-refractivity contribution in [1.82, 2.24) is 4.90 Å². The molecule has 0 aliphatic carbocycles. The van der Waals surface area contributed by atoms with Gasteiger partial charge in [-0.3, -0.25) is 19.2 Å². The van der Waals surface area contributed by atoms with Crippen LogP contribution in [0.25, 0.3) is 0 Å². The Labute approximate surface area is 455 Å². The van der Waals surface area contributed by atoms with Crippen molar-refractivity contribution >= 4 is 23.9 Å². The van der Waals surface area contributed by atoms with Crippen molar-refractivity contribution < 1.29 is 42.9 Å². The summed E-state index contributed by atoms with van der Waals surface area (Å²) in [5.74, 6) is -1.80. The van der Waals surface area contributed by atoms with Crippen LogP contribution in [0.3, 0.4) is 0 Å².